The molecule has 0 radical (unpaired) electrons. The van der Waals surface area contributed by atoms with Gasteiger partial charge in [0.15, 0.2) is 0 Å². The zero-order valence-corrected chi connectivity index (χ0v) is 11.9. The Bertz CT molecular complexity index is 452. The van der Waals surface area contributed by atoms with E-state index in [0.717, 1.165) is 11.1 Å². The molecule has 0 fully saturated rings. The van der Waals surface area contributed by atoms with Crippen molar-refractivity contribution in [1.82, 2.24) is 0 Å². The van der Waals surface area contributed by atoms with Crippen LogP contribution in [-0.2, 0) is 4.74 Å². The maximum atomic E-state index is 11.7. The number of aryl methyl sites for hydroxylation is 1. The van der Waals surface area contributed by atoms with E-state index in [1.807, 2.05) is 6.92 Å². The molecule has 0 aliphatic rings. The molecule has 5 heteroatoms. The lowest BCUT2D eigenvalue weighted by molar-refractivity contribution is 0.0636. The number of rotatable bonds is 3. The van der Waals surface area contributed by atoms with Gasteiger partial charge in [-0.2, -0.15) is 0 Å². The molecule has 0 aromatic heterocycles. The highest BCUT2D eigenvalue weighted by molar-refractivity contribution is 5.85. The molecule has 1 rings (SSSR count). The minimum absolute atomic E-state index is 0.165. The molecule has 4 N–H and O–H groups in total. The van der Waals surface area contributed by atoms with Gasteiger partial charge in [-0.25, -0.2) is 4.79 Å². The summed E-state index contributed by atoms with van der Waals surface area (Å²) in [5.74, 6) is 0. The van der Waals surface area contributed by atoms with Crippen LogP contribution in [0, 0.1) is 6.92 Å². The summed E-state index contributed by atoms with van der Waals surface area (Å²) in [4.78, 5) is 11.7. The number of hydrogen-bond donors (Lipinski definition) is 3. The first-order valence-corrected chi connectivity index (χ1v) is 6.21. The Morgan fingerprint density at radius 1 is 1.47 bits per heavy atom. The van der Waals surface area contributed by atoms with E-state index in [2.05, 4.69) is 5.32 Å². The molecule has 0 saturated heterocycles. The van der Waals surface area contributed by atoms with Gasteiger partial charge in [0.25, 0.3) is 0 Å². The molecule has 0 spiro atoms. The van der Waals surface area contributed by atoms with Crippen molar-refractivity contribution in [3.63, 3.8) is 0 Å². The number of carbonyl (C=O) groups excluding carboxylic acids is 1. The minimum Gasteiger partial charge on any atom is -0.444 e. The Kier molecular flexibility index (Phi) is 4.91. The number of amides is 1. The second kappa shape index (κ2) is 6.04. The monoisotopic (exact) mass is 266 g/mol. The summed E-state index contributed by atoms with van der Waals surface area (Å²) in [5.41, 5.74) is 7.10. The Morgan fingerprint density at radius 3 is 2.58 bits per heavy atom. The number of benzene rings is 1. The maximum absolute atomic E-state index is 11.7. The van der Waals surface area contributed by atoms with Crippen molar-refractivity contribution in [2.24, 2.45) is 5.73 Å². The normalized spacial score (nSPS) is 12.9. The van der Waals surface area contributed by atoms with Crippen LogP contribution in [0.1, 0.15) is 38.0 Å². The van der Waals surface area contributed by atoms with Gasteiger partial charge in [-0.3, -0.25) is 5.32 Å². The minimum atomic E-state index is -0.686. The van der Waals surface area contributed by atoms with Crippen molar-refractivity contribution in [1.29, 1.82) is 0 Å². The highest BCUT2D eigenvalue weighted by Gasteiger charge is 2.17. The van der Waals surface area contributed by atoms with E-state index in [1.165, 1.54) is 0 Å². The second-order valence-corrected chi connectivity index (χ2v) is 5.45. The summed E-state index contributed by atoms with van der Waals surface area (Å²) >= 11 is 0. The molecule has 0 saturated carbocycles. The van der Waals surface area contributed by atoms with Gasteiger partial charge in [-0.05, 0) is 44.9 Å². The molecular formula is C14H22N2O3. The fourth-order valence-corrected chi connectivity index (χ4v) is 1.58. The summed E-state index contributed by atoms with van der Waals surface area (Å²) in [6.45, 7) is 7.43. The number of aliphatic hydroxyl groups excluding tert-OH is 1. The van der Waals surface area contributed by atoms with E-state index in [-0.39, 0.29) is 6.54 Å². The summed E-state index contributed by atoms with van der Waals surface area (Å²) < 4.78 is 5.18. The lowest BCUT2D eigenvalue weighted by Gasteiger charge is -2.20. The van der Waals surface area contributed by atoms with Crippen molar-refractivity contribution >= 4 is 11.8 Å². The highest BCUT2D eigenvalue weighted by Crippen LogP contribution is 2.21. The molecule has 1 atom stereocenters. The fourth-order valence-electron chi connectivity index (χ4n) is 1.58. The smallest absolute Gasteiger partial charge is 0.412 e. The first kappa shape index (κ1) is 15.5. The van der Waals surface area contributed by atoms with Crippen molar-refractivity contribution in [2.45, 2.75) is 39.4 Å². The number of hydrogen-bond acceptors (Lipinski definition) is 4. The molecule has 1 amide bonds. The Labute approximate surface area is 113 Å². The van der Waals surface area contributed by atoms with Gasteiger partial charge >= 0.3 is 6.09 Å². The van der Waals surface area contributed by atoms with Gasteiger partial charge in [0.1, 0.15) is 5.60 Å². The van der Waals surface area contributed by atoms with Crippen LogP contribution in [0.2, 0.25) is 0 Å². The topological polar surface area (TPSA) is 84.6 Å². The van der Waals surface area contributed by atoms with Crippen LogP contribution >= 0.6 is 0 Å². The summed E-state index contributed by atoms with van der Waals surface area (Å²) in [6.07, 6.45) is -1.18. The highest BCUT2D eigenvalue weighted by atomic mass is 16.6. The van der Waals surface area contributed by atoms with Crippen molar-refractivity contribution in [3.05, 3.63) is 29.3 Å². The molecule has 106 valence electrons. The fraction of sp³-hybridized carbons (Fsp3) is 0.500. The molecule has 0 aliphatic carbocycles. The number of aliphatic hydroxyl groups is 1. The molecule has 0 heterocycles. The van der Waals surface area contributed by atoms with E-state index in [4.69, 9.17) is 10.5 Å². The largest absolute Gasteiger partial charge is 0.444 e. The first-order valence-electron chi connectivity index (χ1n) is 6.21. The standard InChI is InChI=1S/C14H22N2O3/c1-9-7-10(12(17)8-15)5-6-11(9)16-13(18)19-14(2,3)4/h5-7,12,17H,8,15H2,1-4H3,(H,16,18)/t12-/m1/s1. The van der Waals surface area contributed by atoms with Gasteiger partial charge in [0.2, 0.25) is 0 Å². The lowest BCUT2D eigenvalue weighted by Crippen LogP contribution is -2.27. The molecule has 19 heavy (non-hydrogen) atoms. The second-order valence-electron chi connectivity index (χ2n) is 5.45. The van der Waals surface area contributed by atoms with Crippen LogP contribution in [-0.4, -0.2) is 23.3 Å². The number of ether oxygens (including phenoxy) is 1. The summed E-state index contributed by atoms with van der Waals surface area (Å²) in [7, 11) is 0. The van der Waals surface area contributed by atoms with Gasteiger partial charge in [-0.15, -0.1) is 0 Å². The van der Waals surface area contributed by atoms with Crippen molar-refractivity contribution in [2.75, 3.05) is 11.9 Å². The SMILES string of the molecule is Cc1cc([C@H](O)CN)ccc1NC(=O)OC(C)(C)C. The molecule has 0 aliphatic heterocycles. The average Bonchev–Trinajstić information content (AvgIpc) is 2.28. The third-order valence-electron chi connectivity index (χ3n) is 2.49. The number of anilines is 1. The predicted octanol–water partition coefficient (Wildman–Crippen LogP) is 2.33. The van der Waals surface area contributed by atoms with Crippen LogP contribution in [0.3, 0.4) is 0 Å². The number of carbonyl (C=O) groups is 1. The van der Waals surface area contributed by atoms with Gasteiger partial charge < -0.3 is 15.6 Å². The Morgan fingerprint density at radius 2 is 2.11 bits per heavy atom. The lowest BCUT2D eigenvalue weighted by atomic mass is 10.1. The Hall–Kier alpha value is -1.59. The summed E-state index contributed by atoms with van der Waals surface area (Å²) in [6, 6.07) is 5.26. The van der Waals surface area contributed by atoms with E-state index >= 15 is 0 Å². The van der Waals surface area contributed by atoms with E-state index in [0.29, 0.717) is 5.69 Å². The number of nitrogens with one attached hydrogen (secondary N) is 1. The molecule has 0 unspecified atom stereocenters. The van der Waals surface area contributed by atoms with E-state index < -0.39 is 17.8 Å². The van der Waals surface area contributed by atoms with Gasteiger partial charge in [0, 0.05) is 12.2 Å². The van der Waals surface area contributed by atoms with Crippen LogP contribution in [0.5, 0.6) is 0 Å². The average molecular weight is 266 g/mol. The summed E-state index contributed by atoms with van der Waals surface area (Å²) in [5, 5.41) is 12.3. The first-order chi connectivity index (χ1) is 8.73. The molecule has 1 aromatic rings. The third-order valence-corrected chi connectivity index (χ3v) is 2.49. The predicted molar refractivity (Wildman–Crippen MR) is 75.0 cm³/mol. The number of nitrogens with two attached hydrogens (primary N) is 1. The molecule has 1 aromatic carbocycles. The molecular weight excluding hydrogens is 244 g/mol. The van der Waals surface area contributed by atoms with Gasteiger partial charge in [-0.1, -0.05) is 12.1 Å². The van der Waals surface area contributed by atoms with Crippen molar-refractivity contribution in [3.8, 4) is 0 Å². The maximum Gasteiger partial charge on any atom is 0.412 e. The van der Waals surface area contributed by atoms with Crippen LogP contribution in [0.25, 0.3) is 0 Å². The van der Waals surface area contributed by atoms with Gasteiger partial charge in [0.05, 0.1) is 6.10 Å². The van der Waals surface area contributed by atoms with Crippen LogP contribution in [0.4, 0.5) is 10.5 Å². The third kappa shape index (κ3) is 4.89. The Balaban J connectivity index is 2.78. The van der Waals surface area contributed by atoms with E-state index in [1.54, 1.807) is 39.0 Å². The zero-order chi connectivity index (χ0) is 14.6. The molecule has 0 bridgehead atoms. The molecule has 5 nitrogen and oxygen atoms in total. The zero-order valence-electron chi connectivity index (χ0n) is 11.9. The van der Waals surface area contributed by atoms with Crippen molar-refractivity contribution < 1.29 is 14.6 Å². The van der Waals surface area contributed by atoms with Crippen LogP contribution in [0.15, 0.2) is 18.2 Å². The van der Waals surface area contributed by atoms with E-state index in [9.17, 15) is 9.90 Å². The quantitative estimate of drug-likeness (QED) is 0.784. The van der Waals surface area contributed by atoms with Crippen LogP contribution < -0.4 is 11.1 Å².